The van der Waals surface area contributed by atoms with Crippen molar-refractivity contribution in [1.82, 2.24) is 30.4 Å². The van der Waals surface area contributed by atoms with E-state index in [-0.39, 0.29) is 11.6 Å². The Morgan fingerprint density at radius 2 is 2.28 bits per heavy atom. The number of carboxylic acids is 1. The number of carbonyl (C=O) groups is 3. The molecule has 0 bridgehead atoms. The minimum absolute atomic E-state index is 0.0345. The van der Waals surface area contributed by atoms with Gasteiger partial charge in [0.05, 0.1) is 0 Å². The van der Waals surface area contributed by atoms with E-state index in [4.69, 9.17) is 11.6 Å². The maximum absolute atomic E-state index is 12.3. The molecule has 0 spiro atoms. The van der Waals surface area contributed by atoms with Gasteiger partial charge in [0.25, 0.3) is 5.91 Å². The molecule has 0 aromatic carbocycles. The highest BCUT2D eigenvalue weighted by Gasteiger charge is 2.54. The molecule has 2 aliphatic heterocycles. The number of nitrogens with one attached hydrogen (secondary N) is 1. The Bertz CT molecular complexity index is 769. The van der Waals surface area contributed by atoms with Crippen LogP contribution < -0.4 is 5.32 Å². The normalized spacial score (nSPS) is 22.5. The molecule has 1 aromatic heterocycles. The van der Waals surface area contributed by atoms with Crippen LogP contribution in [0.5, 0.6) is 0 Å². The molecule has 13 heteroatoms. The zero-order valence-corrected chi connectivity index (χ0v) is 15.3. The highest BCUT2D eigenvalue weighted by molar-refractivity contribution is 8.01. The van der Waals surface area contributed by atoms with Crippen molar-refractivity contribution in [3.8, 4) is 0 Å². The molecule has 134 valence electrons. The maximum atomic E-state index is 12.3. The Morgan fingerprint density at radius 1 is 1.52 bits per heavy atom. The predicted molar refractivity (Wildman–Crippen MR) is 89.9 cm³/mol. The van der Waals surface area contributed by atoms with Gasteiger partial charge in [0.2, 0.25) is 11.1 Å². The van der Waals surface area contributed by atoms with E-state index in [0.29, 0.717) is 22.2 Å². The van der Waals surface area contributed by atoms with Crippen LogP contribution in [0.2, 0.25) is 0 Å². The number of rotatable bonds is 6. The van der Waals surface area contributed by atoms with Crippen LogP contribution >= 0.6 is 35.1 Å². The smallest absolute Gasteiger partial charge is 0.352 e. The molecule has 25 heavy (non-hydrogen) atoms. The van der Waals surface area contributed by atoms with Gasteiger partial charge in [-0.15, -0.1) is 28.5 Å². The summed E-state index contributed by atoms with van der Waals surface area (Å²) in [5.41, 5.74) is 0.574. The van der Waals surface area contributed by atoms with E-state index in [1.807, 2.05) is 0 Å². The lowest BCUT2D eigenvalue weighted by Gasteiger charge is -2.49. The fourth-order valence-electron chi connectivity index (χ4n) is 2.50. The van der Waals surface area contributed by atoms with Crippen LogP contribution in [0.25, 0.3) is 0 Å². The van der Waals surface area contributed by atoms with E-state index in [1.54, 1.807) is 7.05 Å². The van der Waals surface area contributed by atoms with Crippen LogP contribution in [0.4, 0.5) is 0 Å². The Hall–Kier alpha value is -1.79. The predicted octanol–water partition coefficient (Wildman–Crippen LogP) is -0.720. The largest absolute Gasteiger partial charge is 0.477 e. The van der Waals surface area contributed by atoms with Crippen LogP contribution in [0.1, 0.15) is 0 Å². The number of alkyl halides is 1. The van der Waals surface area contributed by atoms with Gasteiger partial charge in [-0.2, -0.15) is 0 Å². The van der Waals surface area contributed by atoms with Crippen LogP contribution in [0.3, 0.4) is 0 Å². The van der Waals surface area contributed by atoms with Gasteiger partial charge in [-0.05, 0) is 16.0 Å². The van der Waals surface area contributed by atoms with Crippen LogP contribution in [0.15, 0.2) is 16.4 Å². The number of hydrogen-bond acceptors (Lipinski definition) is 8. The van der Waals surface area contributed by atoms with E-state index < -0.39 is 29.2 Å². The standard InChI is InChI=1S/C12H13ClN6O4S2/c1-18-12(15-16-17-18)25-4-5-3-24-10-7(14-6(20)2-13)9(21)19(10)8(5)11(22)23/h7,10H,2-4H2,1H3,(H,14,20)(H,22,23)/t7?,10-/m1/s1. The lowest BCUT2D eigenvalue weighted by Crippen LogP contribution is -2.70. The molecule has 2 N–H and O–H groups in total. The molecule has 3 heterocycles. The van der Waals surface area contributed by atoms with E-state index in [1.165, 1.54) is 33.1 Å². The van der Waals surface area contributed by atoms with Crippen molar-refractivity contribution < 1.29 is 19.5 Å². The number of β-lactam (4-membered cyclic amide) rings is 1. The first kappa shape index (κ1) is 18.0. The molecule has 1 aromatic rings. The molecule has 0 radical (unpaired) electrons. The minimum atomic E-state index is -1.17. The van der Waals surface area contributed by atoms with E-state index in [9.17, 15) is 19.5 Å². The van der Waals surface area contributed by atoms with Gasteiger partial charge < -0.3 is 10.4 Å². The summed E-state index contributed by atoms with van der Waals surface area (Å²) in [5.74, 6) is -1.56. The van der Waals surface area contributed by atoms with Gasteiger partial charge in [-0.3, -0.25) is 14.5 Å². The number of carboxylic acid groups (broad SMARTS) is 1. The number of aliphatic carboxylic acids is 1. The lowest BCUT2D eigenvalue weighted by atomic mass is 10.0. The second kappa shape index (κ2) is 7.22. The van der Waals surface area contributed by atoms with Crippen molar-refractivity contribution in [2.45, 2.75) is 16.6 Å². The Labute approximate surface area is 155 Å². The monoisotopic (exact) mass is 404 g/mol. The van der Waals surface area contributed by atoms with Gasteiger partial charge in [-0.25, -0.2) is 9.48 Å². The van der Waals surface area contributed by atoms with Crippen molar-refractivity contribution in [1.29, 1.82) is 0 Å². The molecule has 1 fully saturated rings. The van der Waals surface area contributed by atoms with Gasteiger partial charge in [0.15, 0.2) is 0 Å². The highest BCUT2D eigenvalue weighted by Crippen LogP contribution is 2.41. The third-order valence-electron chi connectivity index (χ3n) is 3.64. The Kier molecular flexibility index (Phi) is 5.20. The zero-order valence-electron chi connectivity index (χ0n) is 12.9. The lowest BCUT2D eigenvalue weighted by molar-refractivity contribution is -0.150. The van der Waals surface area contributed by atoms with Gasteiger partial charge in [0.1, 0.15) is 23.0 Å². The topological polar surface area (TPSA) is 130 Å². The zero-order chi connectivity index (χ0) is 18.1. The van der Waals surface area contributed by atoms with Crippen molar-refractivity contribution in [3.63, 3.8) is 0 Å². The summed E-state index contributed by atoms with van der Waals surface area (Å²) in [7, 11) is 1.68. The fourth-order valence-corrected chi connectivity index (χ4v) is 4.91. The first-order valence-electron chi connectivity index (χ1n) is 7.04. The molecule has 1 saturated heterocycles. The number of nitrogens with zero attached hydrogens (tertiary/aromatic N) is 5. The number of amides is 2. The average molecular weight is 405 g/mol. The van der Waals surface area contributed by atoms with Crippen molar-refractivity contribution in [2.75, 3.05) is 17.4 Å². The Balaban J connectivity index is 1.77. The average Bonchev–Trinajstić information content (AvgIpc) is 3.01. The van der Waals surface area contributed by atoms with Gasteiger partial charge in [0, 0.05) is 18.6 Å². The number of tetrazole rings is 1. The van der Waals surface area contributed by atoms with Crippen molar-refractivity contribution in [2.24, 2.45) is 7.05 Å². The van der Waals surface area contributed by atoms with E-state index in [2.05, 4.69) is 20.8 Å². The SMILES string of the molecule is Cn1nnnc1SCC1=C(C(=O)O)N2C(=O)C(NC(=O)CCl)[C@H]2SC1. The molecule has 1 unspecified atom stereocenters. The van der Waals surface area contributed by atoms with Crippen LogP contribution in [-0.2, 0) is 21.4 Å². The summed E-state index contributed by atoms with van der Waals surface area (Å²) >= 11 is 8.13. The number of hydrogen-bond donors (Lipinski definition) is 2. The highest BCUT2D eigenvalue weighted by atomic mass is 35.5. The summed E-state index contributed by atoms with van der Waals surface area (Å²) in [4.78, 5) is 36.6. The second-order valence-corrected chi connectivity index (χ2v) is 7.53. The summed E-state index contributed by atoms with van der Waals surface area (Å²) < 4.78 is 1.48. The summed E-state index contributed by atoms with van der Waals surface area (Å²) in [6.07, 6.45) is 0. The number of fused-ring (bicyclic) bond motifs is 1. The van der Waals surface area contributed by atoms with E-state index in [0.717, 1.165) is 0 Å². The third kappa shape index (κ3) is 3.33. The number of halogens is 1. The van der Waals surface area contributed by atoms with Crippen molar-refractivity contribution in [3.05, 3.63) is 11.3 Å². The molecule has 10 nitrogen and oxygen atoms in total. The Morgan fingerprint density at radius 3 is 2.88 bits per heavy atom. The number of carbonyl (C=O) groups excluding carboxylic acids is 2. The van der Waals surface area contributed by atoms with Crippen molar-refractivity contribution >= 4 is 52.9 Å². The number of thioether (sulfide) groups is 2. The molecular formula is C12H13ClN6O4S2. The summed E-state index contributed by atoms with van der Waals surface area (Å²) in [6.45, 7) is 0. The molecule has 2 amide bonds. The molecule has 3 rings (SSSR count). The first-order chi connectivity index (χ1) is 11.9. The fraction of sp³-hybridized carbons (Fsp3) is 0.500. The summed E-state index contributed by atoms with van der Waals surface area (Å²) in [5, 5.41) is 23.3. The summed E-state index contributed by atoms with van der Waals surface area (Å²) in [6, 6.07) is -0.747. The quantitative estimate of drug-likeness (QED) is 0.358. The second-order valence-electron chi connectivity index (χ2n) is 5.22. The van der Waals surface area contributed by atoms with Crippen LogP contribution in [0, 0.1) is 0 Å². The van der Waals surface area contributed by atoms with Gasteiger partial charge in [-0.1, -0.05) is 11.8 Å². The minimum Gasteiger partial charge on any atom is -0.477 e. The first-order valence-corrected chi connectivity index (χ1v) is 9.61. The molecule has 2 atom stereocenters. The third-order valence-corrected chi connectivity index (χ3v) is 6.32. The molecule has 0 saturated carbocycles. The van der Waals surface area contributed by atoms with E-state index >= 15 is 0 Å². The van der Waals surface area contributed by atoms with Crippen LogP contribution in [-0.4, -0.2) is 76.8 Å². The van der Waals surface area contributed by atoms with Gasteiger partial charge >= 0.3 is 5.97 Å². The number of aryl methyl sites for hydroxylation is 1. The maximum Gasteiger partial charge on any atom is 0.352 e. The molecule has 2 aliphatic rings. The molecule has 0 aliphatic carbocycles. The molecular weight excluding hydrogens is 392 g/mol. The number of aromatic nitrogens is 4.